The molecule has 0 rings (SSSR count). The minimum absolute atomic E-state index is 0.437. The molecule has 0 heterocycles. The van der Waals surface area contributed by atoms with Crippen molar-refractivity contribution in [3.8, 4) is 0 Å². The molecule has 0 atom stereocenters. The molecule has 0 spiro atoms. The topological polar surface area (TPSA) is 37.4 Å². The van der Waals surface area contributed by atoms with Gasteiger partial charge < -0.3 is 4.90 Å². The zero-order valence-corrected chi connectivity index (χ0v) is 8.89. The van der Waals surface area contributed by atoms with Crippen molar-refractivity contribution in [2.45, 2.75) is 39.4 Å². The third-order valence-electron chi connectivity index (χ3n) is 1.69. The number of carbonyl (C=O) groups is 2. The Bertz CT molecular complexity index is 248. The summed E-state index contributed by atoms with van der Waals surface area (Å²) in [5, 5.41) is 0. The van der Waals surface area contributed by atoms with Crippen LogP contribution in [0.5, 0.6) is 0 Å². The molecule has 0 N–H and O–H groups in total. The van der Waals surface area contributed by atoms with Crippen molar-refractivity contribution in [3.05, 3.63) is 0 Å². The van der Waals surface area contributed by atoms with E-state index >= 15 is 0 Å². The largest absolute Gasteiger partial charge is 0.406 e. The second-order valence-corrected chi connectivity index (χ2v) is 3.61. The first-order chi connectivity index (χ1) is 6.63. The van der Waals surface area contributed by atoms with Crippen LogP contribution in [0.4, 0.5) is 13.2 Å². The van der Waals surface area contributed by atoms with Crippen molar-refractivity contribution in [2.24, 2.45) is 0 Å². The van der Waals surface area contributed by atoms with E-state index in [-0.39, 0.29) is 0 Å². The summed E-state index contributed by atoms with van der Waals surface area (Å²) in [5.41, 5.74) is 0. The van der Waals surface area contributed by atoms with Crippen molar-refractivity contribution in [1.29, 1.82) is 0 Å². The van der Waals surface area contributed by atoms with Crippen LogP contribution in [0.1, 0.15) is 27.2 Å². The number of ketones is 1. The molecule has 0 aromatic heterocycles. The molecule has 0 bridgehead atoms. The van der Waals surface area contributed by atoms with E-state index in [9.17, 15) is 22.8 Å². The highest BCUT2D eigenvalue weighted by Crippen LogP contribution is 2.18. The number of Topliss-reactive ketones (excluding diaryl/α,β-unsaturated/α-hetero) is 1. The fourth-order valence-corrected chi connectivity index (χ4v) is 1.07. The Balaban J connectivity index is 4.53. The summed E-state index contributed by atoms with van der Waals surface area (Å²) in [7, 11) is 0. The van der Waals surface area contributed by atoms with Gasteiger partial charge >= 0.3 is 6.18 Å². The average Bonchev–Trinajstić information content (AvgIpc) is 1.96. The fraction of sp³-hybridized carbons (Fsp3) is 0.778. The Hall–Kier alpha value is -1.07. The molecule has 0 saturated carbocycles. The maximum Gasteiger partial charge on any atom is 0.406 e. The lowest BCUT2D eigenvalue weighted by atomic mass is 10.2. The molecule has 0 radical (unpaired) electrons. The summed E-state index contributed by atoms with van der Waals surface area (Å²) in [6, 6.07) is -0.571. The molecule has 6 heteroatoms. The van der Waals surface area contributed by atoms with Gasteiger partial charge in [-0.1, -0.05) is 0 Å². The monoisotopic (exact) mass is 225 g/mol. The Kier molecular flexibility index (Phi) is 4.77. The maximum atomic E-state index is 12.1. The third kappa shape index (κ3) is 6.09. The zero-order chi connectivity index (χ0) is 12.2. The van der Waals surface area contributed by atoms with Gasteiger partial charge in [0.15, 0.2) is 0 Å². The van der Waals surface area contributed by atoms with Gasteiger partial charge in [-0.15, -0.1) is 0 Å². The molecule has 0 aromatic rings. The van der Waals surface area contributed by atoms with Crippen molar-refractivity contribution in [3.63, 3.8) is 0 Å². The minimum Gasteiger partial charge on any atom is -0.331 e. The number of hydrogen-bond acceptors (Lipinski definition) is 2. The molecule has 0 saturated heterocycles. The third-order valence-corrected chi connectivity index (χ3v) is 1.69. The highest BCUT2D eigenvalue weighted by molar-refractivity contribution is 5.96. The van der Waals surface area contributed by atoms with Crippen molar-refractivity contribution in [2.75, 3.05) is 6.54 Å². The SMILES string of the molecule is CC(=O)CC(=O)N(CC(F)(F)F)C(C)C. The lowest BCUT2D eigenvalue weighted by molar-refractivity contribution is -0.165. The summed E-state index contributed by atoms with van der Waals surface area (Å²) in [5.74, 6) is -1.22. The Morgan fingerprint density at radius 2 is 1.73 bits per heavy atom. The first kappa shape index (κ1) is 13.9. The van der Waals surface area contributed by atoms with Crippen molar-refractivity contribution in [1.82, 2.24) is 4.90 Å². The molecular formula is C9H14F3NO2. The number of hydrogen-bond donors (Lipinski definition) is 0. The second kappa shape index (κ2) is 5.14. The van der Waals surface area contributed by atoms with Crippen LogP contribution in [0.2, 0.25) is 0 Å². The predicted molar refractivity (Wildman–Crippen MR) is 48.2 cm³/mol. The van der Waals surface area contributed by atoms with Gasteiger partial charge in [0.2, 0.25) is 5.91 Å². The number of alkyl halides is 3. The van der Waals surface area contributed by atoms with Gasteiger partial charge in [0.25, 0.3) is 0 Å². The molecule has 0 unspecified atom stereocenters. The van der Waals surface area contributed by atoms with Crippen LogP contribution < -0.4 is 0 Å². The summed E-state index contributed by atoms with van der Waals surface area (Å²) in [4.78, 5) is 22.6. The summed E-state index contributed by atoms with van der Waals surface area (Å²) in [6.07, 6.45) is -4.91. The van der Waals surface area contributed by atoms with Crippen molar-refractivity contribution >= 4 is 11.7 Å². The van der Waals surface area contributed by atoms with E-state index in [0.29, 0.717) is 4.90 Å². The highest BCUT2D eigenvalue weighted by atomic mass is 19.4. The second-order valence-electron chi connectivity index (χ2n) is 3.61. The molecule has 0 fully saturated rings. The molecular weight excluding hydrogens is 211 g/mol. The molecule has 0 aliphatic rings. The van der Waals surface area contributed by atoms with Crippen LogP contribution in [-0.4, -0.2) is 35.4 Å². The van der Waals surface area contributed by atoms with Crippen LogP contribution in [0.3, 0.4) is 0 Å². The molecule has 3 nitrogen and oxygen atoms in total. The van der Waals surface area contributed by atoms with Gasteiger partial charge in [-0.25, -0.2) is 0 Å². The predicted octanol–water partition coefficient (Wildman–Crippen LogP) is 1.76. The van der Waals surface area contributed by atoms with E-state index in [1.54, 1.807) is 0 Å². The van der Waals surface area contributed by atoms with E-state index in [1.807, 2.05) is 0 Å². The Morgan fingerprint density at radius 1 is 1.27 bits per heavy atom. The molecule has 88 valence electrons. The van der Waals surface area contributed by atoms with E-state index in [1.165, 1.54) is 20.8 Å². The van der Waals surface area contributed by atoms with Gasteiger partial charge in [0.05, 0.1) is 6.42 Å². The quantitative estimate of drug-likeness (QED) is 0.684. The summed E-state index contributed by atoms with van der Waals surface area (Å²) < 4.78 is 36.3. The average molecular weight is 225 g/mol. The number of amides is 1. The van der Waals surface area contributed by atoms with Crippen LogP contribution in [0.15, 0.2) is 0 Å². The fourth-order valence-electron chi connectivity index (χ4n) is 1.07. The van der Waals surface area contributed by atoms with Gasteiger partial charge in [-0.05, 0) is 20.8 Å². The number of halogens is 3. The van der Waals surface area contributed by atoms with E-state index in [2.05, 4.69) is 0 Å². The van der Waals surface area contributed by atoms with E-state index in [4.69, 9.17) is 0 Å². The van der Waals surface area contributed by atoms with E-state index < -0.39 is 36.9 Å². The standard InChI is InChI=1S/C9H14F3NO2/c1-6(2)13(5-9(10,11)12)8(15)4-7(3)14/h6H,4-5H2,1-3H3. The smallest absolute Gasteiger partial charge is 0.331 e. The molecule has 1 amide bonds. The normalized spacial score (nSPS) is 11.7. The first-order valence-corrected chi connectivity index (χ1v) is 4.49. The van der Waals surface area contributed by atoms with Crippen molar-refractivity contribution < 1.29 is 22.8 Å². The van der Waals surface area contributed by atoms with Crippen LogP contribution in [0.25, 0.3) is 0 Å². The van der Waals surface area contributed by atoms with Crippen LogP contribution in [0, 0.1) is 0 Å². The molecule has 15 heavy (non-hydrogen) atoms. The number of rotatable bonds is 4. The van der Waals surface area contributed by atoms with Gasteiger partial charge in [-0.2, -0.15) is 13.2 Å². The van der Waals surface area contributed by atoms with E-state index in [0.717, 1.165) is 0 Å². The molecule has 0 aromatic carbocycles. The minimum atomic E-state index is -4.43. The van der Waals surface area contributed by atoms with Gasteiger partial charge in [0.1, 0.15) is 12.3 Å². The first-order valence-electron chi connectivity index (χ1n) is 4.49. The van der Waals surface area contributed by atoms with Crippen LogP contribution >= 0.6 is 0 Å². The highest BCUT2D eigenvalue weighted by Gasteiger charge is 2.34. The summed E-state index contributed by atoms with van der Waals surface area (Å²) >= 11 is 0. The Morgan fingerprint density at radius 3 is 2.00 bits per heavy atom. The number of carbonyl (C=O) groups excluding carboxylic acids is 2. The maximum absolute atomic E-state index is 12.1. The van der Waals surface area contributed by atoms with Gasteiger partial charge in [0, 0.05) is 6.04 Å². The van der Waals surface area contributed by atoms with Gasteiger partial charge in [-0.3, -0.25) is 9.59 Å². The molecule has 0 aliphatic carbocycles. The van der Waals surface area contributed by atoms with Crippen LogP contribution in [-0.2, 0) is 9.59 Å². The Labute approximate surface area is 86.2 Å². The summed E-state index contributed by atoms with van der Waals surface area (Å²) in [6.45, 7) is 2.81. The lowest BCUT2D eigenvalue weighted by Gasteiger charge is -2.27. The lowest BCUT2D eigenvalue weighted by Crippen LogP contribution is -2.43. The molecule has 0 aliphatic heterocycles. The number of nitrogens with zero attached hydrogens (tertiary/aromatic N) is 1. The zero-order valence-electron chi connectivity index (χ0n) is 8.89.